The lowest BCUT2D eigenvalue weighted by Crippen LogP contribution is -2.08. The predicted molar refractivity (Wildman–Crippen MR) is 42.9 cm³/mol. The van der Waals surface area contributed by atoms with Crippen molar-refractivity contribution in [1.29, 1.82) is 0 Å². The normalized spacial score (nSPS) is 9.90. The van der Waals surface area contributed by atoms with Gasteiger partial charge in [-0.1, -0.05) is 11.6 Å². The van der Waals surface area contributed by atoms with Crippen LogP contribution in [0.4, 0.5) is 0 Å². The molecule has 4 heteroatoms. The molecule has 0 spiro atoms. The zero-order valence-electron chi connectivity index (χ0n) is 6.10. The van der Waals surface area contributed by atoms with Crippen molar-refractivity contribution in [2.75, 3.05) is 6.61 Å². The second-order valence-corrected chi connectivity index (χ2v) is 2.07. The van der Waals surface area contributed by atoms with Crippen LogP contribution in [0.3, 0.4) is 0 Å². The van der Waals surface area contributed by atoms with Gasteiger partial charge in [0.15, 0.2) is 0 Å². The number of nitrogens with one attached hydrogen (secondary N) is 1. The molecule has 0 aromatic heterocycles. The van der Waals surface area contributed by atoms with Crippen LogP contribution < -0.4 is 5.59 Å². The molecule has 0 aliphatic carbocycles. The van der Waals surface area contributed by atoms with Crippen LogP contribution in [0, 0.1) is 0 Å². The van der Waals surface area contributed by atoms with Gasteiger partial charge in [0.1, 0.15) is 0 Å². The molecule has 1 N–H and O–H groups in total. The van der Waals surface area contributed by atoms with E-state index in [1.54, 1.807) is 6.08 Å². The molecule has 0 heterocycles. The molecule has 0 atom stereocenters. The Hall–Kier alpha value is -0.540. The van der Waals surface area contributed by atoms with E-state index in [0.29, 0.717) is 6.61 Å². The van der Waals surface area contributed by atoms with Crippen LogP contribution >= 0.6 is 11.6 Å². The molecule has 0 unspecified atom stereocenters. The third-order valence-electron chi connectivity index (χ3n) is 0.602. The Morgan fingerprint density at radius 1 is 1.70 bits per heavy atom. The minimum Gasteiger partial charge on any atom is -0.255 e. The van der Waals surface area contributed by atoms with Crippen molar-refractivity contribution < 1.29 is 4.84 Å². The summed E-state index contributed by atoms with van der Waals surface area (Å²) >= 11 is 5.22. The van der Waals surface area contributed by atoms with Gasteiger partial charge in [-0.2, -0.15) is 10.7 Å². The summed E-state index contributed by atoms with van der Waals surface area (Å²) in [6.45, 7) is 4.15. The van der Waals surface area contributed by atoms with Crippen LogP contribution in [0.25, 0.3) is 0 Å². The quantitative estimate of drug-likeness (QED) is 0.388. The summed E-state index contributed by atoms with van der Waals surface area (Å²) in [5.41, 5.74) is 4.70. The van der Waals surface area contributed by atoms with Gasteiger partial charge < -0.3 is 0 Å². The summed E-state index contributed by atoms with van der Waals surface area (Å²) in [4.78, 5) is 4.78. The third kappa shape index (κ3) is 7.46. The van der Waals surface area contributed by atoms with Gasteiger partial charge in [-0.25, -0.2) is 0 Å². The molecule has 0 saturated heterocycles. The van der Waals surface area contributed by atoms with Gasteiger partial charge in [0.05, 0.1) is 6.61 Å². The molecule has 58 valence electrons. The smallest absolute Gasteiger partial charge is 0.0957 e. The number of hydrazone groups is 1. The Labute approximate surface area is 65.7 Å². The molecule has 0 aromatic carbocycles. The first kappa shape index (κ1) is 9.46. The molecule has 0 aromatic rings. The molecule has 0 saturated carbocycles. The summed E-state index contributed by atoms with van der Waals surface area (Å²) in [7, 11) is 0. The average molecular weight is 163 g/mol. The highest BCUT2D eigenvalue weighted by molar-refractivity contribution is 6.25. The van der Waals surface area contributed by atoms with Crippen LogP contribution in [0.2, 0.25) is 0 Å². The molecule has 0 bridgehead atoms. The summed E-state index contributed by atoms with van der Waals surface area (Å²) < 4.78 is 0. The Morgan fingerprint density at radius 2 is 2.40 bits per heavy atom. The largest absolute Gasteiger partial charge is 0.255 e. The van der Waals surface area contributed by atoms with Crippen molar-refractivity contribution in [3.8, 4) is 0 Å². The van der Waals surface area contributed by atoms with E-state index in [0.717, 1.165) is 5.71 Å². The number of hydrogen-bond acceptors (Lipinski definition) is 3. The van der Waals surface area contributed by atoms with Gasteiger partial charge in [0.2, 0.25) is 0 Å². The van der Waals surface area contributed by atoms with E-state index in [2.05, 4.69) is 10.7 Å². The Bertz CT molecular complexity index is 130. The summed E-state index contributed by atoms with van der Waals surface area (Å²) in [6.07, 6.45) is 1.66. The fourth-order valence-electron chi connectivity index (χ4n) is 0.245. The minimum absolute atomic E-state index is 0.417. The van der Waals surface area contributed by atoms with Gasteiger partial charge in [-0.15, -0.1) is 0 Å². The highest BCUT2D eigenvalue weighted by Gasteiger charge is 1.77. The third-order valence-corrected chi connectivity index (χ3v) is 0.781. The molecule has 0 rings (SSSR count). The molecule has 0 fully saturated rings. The first-order valence-electron chi connectivity index (χ1n) is 2.90. The highest BCUT2D eigenvalue weighted by atomic mass is 35.5. The van der Waals surface area contributed by atoms with Crippen LogP contribution in [-0.4, -0.2) is 12.3 Å². The lowest BCUT2D eigenvalue weighted by Gasteiger charge is -1.96. The maximum Gasteiger partial charge on any atom is 0.0957 e. The molecule has 0 radical (unpaired) electrons. The lowest BCUT2D eigenvalue weighted by atomic mass is 10.5. The van der Waals surface area contributed by atoms with Crippen molar-refractivity contribution in [1.82, 2.24) is 5.59 Å². The van der Waals surface area contributed by atoms with Crippen molar-refractivity contribution in [3.63, 3.8) is 0 Å². The van der Waals surface area contributed by atoms with Crippen molar-refractivity contribution in [2.45, 2.75) is 13.8 Å². The van der Waals surface area contributed by atoms with E-state index in [4.69, 9.17) is 16.4 Å². The first-order chi connectivity index (χ1) is 4.77. The van der Waals surface area contributed by atoms with Gasteiger partial charge in [0.25, 0.3) is 0 Å². The molecule has 10 heavy (non-hydrogen) atoms. The standard InChI is InChI=1S/C6H11ClN2O/c1-6(2)8-9-10-5-3-4-7/h3-4,9H,5H2,1-2H3/b4-3+. The first-order valence-corrected chi connectivity index (χ1v) is 3.34. The van der Waals surface area contributed by atoms with Crippen LogP contribution in [0.1, 0.15) is 13.8 Å². The fraction of sp³-hybridized carbons (Fsp3) is 0.500. The van der Waals surface area contributed by atoms with Gasteiger partial charge in [-0.05, 0) is 19.9 Å². The number of rotatable bonds is 4. The van der Waals surface area contributed by atoms with Crippen molar-refractivity contribution >= 4 is 17.3 Å². The van der Waals surface area contributed by atoms with Gasteiger partial charge in [-0.3, -0.25) is 4.84 Å². The molecular formula is C6H11ClN2O. The van der Waals surface area contributed by atoms with Gasteiger partial charge >= 0.3 is 0 Å². The van der Waals surface area contributed by atoms with E-state index in [1.165, 1.54) is 5.54 Å². The number of nitrogens with zero attached hydrogens (tertiary/aromatic N) is 1. The maximum absolute atomic E-state index is 5.22. The molecule has 0 aliphatic rings. The Balaban J connectivity index is 3.13. The Kier molecular flexibility index (Phi) is 6.22. The van der Waals surface area contributed by atoms with E-state index in [9.17, 15) is 0 Å². The zero-order chi connectivity index (χ0) is 7.82. The monoisotopic (exact) mass is 162 g/mol. The van der Waals surface area contributed by atoms with E-state index >= 15 is 0 Å². The van der Waals surface area contributed by atoms with E-state index < -0.39 is 0 Å². The zero-order valence-corrected chi connectivity index (χ0v) is 6.85. The molecule has 0 aliphatic heterocycles. The lowest BCUT2D eigenvalue weighted by molar-refractivity contribution is 0.0649. The van der Waals surface area contributed by atoms with E-state index in [1.807, 2.05) is 13.8 Å². The molecule has 3 nitrogen and oxygen atoms in total. The Morgan fingerprint density at radius 3 is 2.90 bits per heavy atom. The van der Waals surface area contributed by atoms with Crippen LogP contribution in [-0.2, 0) is 4.84 Å². The molecule has 0 amide bonds. The van der Waals surface area contributed by atoms with Gasteiger partial charge in [0, 0.05) is 11.2 Å². The second-order valence-electron chi connectivity index (χ2n) is 1.82. The number of hydrogen-bond donors (Lipinski definition) is 1. The van der Waals surface area contributed by atoms with Crippen molar-refractivity contribution in [3.05, 3.63) is 11.6 Å². The number of halogens is 1. The SMILES string of the molecule is CC(C)=NNOC/C=C/Cl. The summed E-state index contributed by atoms with van der Waals surface area (Å²) in [5.74, 6) is 0. The second kappa shape index (κ2) is 6.58. The summed E-state index contributed by atoms with van der Waals surface area (Å²) in [6, 6.07) is 0. The average Bonchev–Trinajstić information content (AvgIpc) is 1.87. The van der Waals surface area contributed by atoms with Crippen molar-refractivity contribution in [2.24, 2.45) is 5.10 Å². The van der Waals surface area contributed by atoms with Crippen LogP contribution in [0.5, 0.6) is 0 Å². The topological polar surface area (TPSA) is 33.6 Å². The minimum atomic E-state index is 0.417. The maximum atomic E-state index is 5.22. The van der Waals surface area contributed by atoms with Crippen LogP contribution in [0.15, 0.2) is 16.7 Å². The predicted octanol–water partition coefficient (Wildman–Crippen LogP) is 1.66. The fourth-order valence-corrected chi connectivity index (χ4v) is 0.318. The highest BCUT2D eigenvalue weighted by Crippen LogP contribution is 1.78. The summed E-state index contributed by atoms with van der Waals surface area (Å²) in [5, 5.41) is 3.76. The molecular weight excluding hydrogens is 152 g/mol. The van der Waals surface area contributed by atoms with E-state index in [-0.39, 0.29) is 0 Å².